The molecule has 37 heavy (non-hydrogen) atoms. The molecule has 8 nitrogen and oxygen atoms in total. The Morgan fingerprint density at radius 3 is 2.30 bits per heavy atom. The van der Waals surface area contributed by atoms with Crippen LogP contribution in [0.5, 0.6) is 5.75 Å². The zero-order valence-electron chi connectivity index (χ0n) is 20.2. The Labute approximate surface area is 222 Å². The topological polar surface area (TPSA) is 109 Å². The summed E-state index contributed by atoms with van der Waals surface area (Å²) in [6.45, 7) is 1.65. The highest BCUT2D eigenvalue weighted by molar-refractivity contribution is 7.92. The van der Waals surface area contributed by atoms with Crippen LogP contribution in [-0.2, 0) is 16.6 Å². The molecule has 0 radical (unpaired) electrons. The van der Waals surface area contributed by atoms with Crippen molar-refractivity contribution in [2.45, 2.75) is 18.4 Å². The molecule has 3 aromatic carbocycles. The van der Waals surface area contributed by atoms with E-state index in [4.69, 9.17) is 4.74 Å². The van der Waals surface area contributed by atoms with E-state index < -0.39 is 15.9 Å². The Morgan fingerprint density at radius 2 is 1.70 bits per heavy atom. The van der Waals surface area contributed by atoms with Gasteiger partial charge in [0.05, 0.1) is 29.8 Å². The third-order valence-corrected chi connectivity index (χ3v) is 7.46. The molecule has 0 aliphatic rings. The van der Waals surface area contributed by atoms with Gasteiger partial charge in [-0.25, -0.2) is 13.9 Å². The maximum atomic E-state index is 14.0. The van der Waals surface area contributed by atoms with E-state index in [1.54, 1.807) is 55.1 Å². The molecule has 0 spiro atoms. The van der Waals surface area contributed by atoms with Gasteiger partial charge in [-0.2, -0.15) is 0 Å². The Bertz CT molecular complexity index is 1470. The summed E-state index contributed by atoms with van der Waals surface area (Å²) in [5, 5.41) is 9.52. The third kappa shape index (κ3) is 5.91. The Morgan fingerprint density at radius 1 is 1.00 bits per heavy atom. The fraction of sp³-hybridized carbons (Fsp3) is 0.111. The molecule has 192 valence electrons. The first-order valence-electron chi connectivity index (χ1n) is 11.1. The Hall–Kier alpha value is -3.92. The van der Waals surface area contributed by atoms with Crippen LogP contribution in [0.1, 0.15) is 21.5 Å². The molecule has 0 aliphatic heterocycles. The van der Waals surface area contributed by atoms with E-state index >= 15 is 0 Å². The summed E-state index contributed by atoms with van der Waals surface area (Å²) in [6.07, 6.45) is 3.16. The molecule has 4 aromatic rings. The van der Waals surface area contributed by atoms with Crippen LogP contribution in [0.15, 0.2) is 96.2 Å². The number of pyridine rings is 1. The van der Waals surface area contributed by atoms with Gasteiger partial charge in [0.25, 0.3) is 15.9 Å². The van der Waals surface area contributed by atoms with Crippen molar-refractivity contribution in [2.24, 2.45) is 0 Å². The van der Waals surface area contributed by atoms with E-state index in [9.17, 15) is 18.4 Å². The number of carbonyl (C=O) groups excluding carboxylic acids is 1. The molecule has 1 aromatic heterocycles. The van der Waals surface area contributed by atoms with Crippen molar-refractivity contribution < 1.29 is 23.2 Å². The molecule has 0 bridgehead atoms. The van der Waals surface area contributed by atoms with E-state index in [1.165, 1.54) is 23.5 Å². The Kier molecular flexibility index (Phi) is 8.88. The molecular formula is C27H26ClN3O5S. The van der Waals surface area contributed by atoms with Crippen LogP contribution in [0.2, 0.25) is 0 Å². The number of ether oxygens (including phenoxy) is 1. The zero-order chi connectivity index (χ0) is 25.7. The van der Waals surface area contributed by atoms with Crippen LogP contribution < -0.4 is 14.5 Å². The van der Waals surface area contributed by atoms with Crippen molar-refractivity contribution >= 4 is 34.0 Å². The molecule has 0 saturated heterocycles. The molecule has 2 N–H and O–H groups in total. The van der Waals surface area contributed by atoms with Crippen LogP contribution in [-0.4, -0.2) is 31.6 Å². The minimum atomic E-state index is -4.15. The highest BCUT2D eigenvalue weighted by atomic mass is 35.5. The maximum absolute atomic E-state index is 14.0. The summed E-state index contributed by atoms with van der Waals surface area (Å²) in [6, 6.07) is 22.2. The number of halogens is 1. The largest absolute Gasteiger partial charge is 0.497 e. The number of carbonyl (C=O) groups is 1. The minimum absolute atomic E-state index is 0. The number of anilines is 1. The highest BCUT2D eigenvalue weighted by Crippen LogP contribution is 2.36. The molecule has 0 saturated carbocycles. The number of hydrogen-bond acceptors (Lipinski definition) is 6. The number of sulfonamides is 1. The predicted molar refractivity (Wildman–Crippen MR) is 144 cm³/mol. The molecule has 0 fully saturated rings. The molecule has 0 unspecified atom stereocenters. The summed E-state index contributed by atoms with van der Waals surface area (Å²) in [5.74, 6) is -0.316. The van der Waals surface area contributed by atoms with Gasteiger partial charge in [0.1, 0.15) is 5.75 Å². The van der Waals surface area contributed by atoms with Crippen molar-refractivity contribution in [3.05, 3.63) is 108 Å². The lowest BCUT2D eigenvalue weighted by Gasteiger charge is -2.28. The predicted octanol–water partition coefficient (Wildman–Crippen LogP) is 5.00. The third-order valence-electron chi connectivity index (χ3n) is 5.70. The van der Waals surface area contributed by atoms with Crippen LogP contribution in [0, 0.1) is 6.92 Å². The molecule has 1 amide bonds. The number of amides is 1. The smallest absolute Gasteiger partial charge is 0.276 e. The van der Waals surface area contributed by atoms with Gasteiger partial charge < -0.3 is 4.74 Å². The number of aromatic nitrogens is 1. The van der Waals surface area contributed by atoms with E-state index in [0.717, 1.165) is 5.56 Å². The van der Waals surface area contributed by atoms with Crippen LogP contribution in [0.4, 0.5) is 5.69 Å². The van der Waals surface area contributed by atoms with Gasteiger partial charge in [-0.05, 0) is 71.6 Å². The van der Waals surface area contributed by atoms with Gasteiger partial charge in [0.15, 0.2) is 0 Å². The fourth-order valence-electron chi connectivity index (χ4n) is 3.96. The van der Waals surface area contributed by atoms with Crippen molar-refractivity contribution in [2.75, 3.05) is 11.4 Å². The maximum Gasteiger partial charge on any atom is 0.276 e. The molecule has 0 aliphatic carbocycles. The SMILES string of the molecule is COc1ccc(S(=O)(=O)N(Cc2cccnc2)c2c(C)cc(-c3ccccc3)cc2C(=O)NO)cc1.Cl. The van der Waals surface area contributed by atoms with E-state index in [2.05, 4.69) is 4.98 Å². The zero-order valence-corrected chi connectivity index (χ0v) is 21.8. The van der Waals surface area contributed by atoms with Gasteiger partial charge in [-0.1, -0.05) is 36.4 Å². The summed E-state index contributed by atoms with van der Waals surface area (Å²) in [4.78, 5) is 17.0. The quantitative estimate of drug-likeness (QED) is 0.241. The normalized spacial score (nSPS) is 10.8. The van der Waals surface area contributed by atoms with Crippen molar-refractivity contribution in [1.29, 1.82) is 0 Å². The summed E-state index contributed by atoms with van der Waals surface area (Å²) >= 11 is 0. The lowest BCUT2D eigenvalue weighted by atomic mass is 9.97. The van der Waals surface area contributed by atoms with E-state index in [1.807, 2.05) is 36.4 Å². The fourth-order valence-corrected chi connectivity index (χ4v) is 5.49. The van der Waals surface area contributed by atoms with E-state index in [-0.39, 0.29) is 35.1 Å². The second-order valence-electron chi connectivity index (χ2n) is 8.04. The second-order valence-corrected chi connectivity index (χ2v) is 9.91. The highest BCUT2D eigenvalue weighted by Gasteiger charge is 2.31. The standard InChI is InChI=1S/C27H25N3O5S.ClH/c1-19-15-22(21-8-4-3-5-9-21)16-25(27(31)29-32)26(19)30(18-20-7-6-14-28-17-20)36(33,34)24-12-10-23(35-2)11-13-24;/h3-17,32H,18H2,1-2H3,(H,29,31);1H. The lowest BCUT2D eigenvalue weighted by molar-refractivity contribution is 0.0707. The second kappa shape index (κ2) is 11.9. The molecular weight excluding hydrogens is 514 g/mol. The summed E-state index contributed by atoms with van der Waals surface area (Å²) in [5.41, 5.74) is 4.54. The van der Waals surface area contributed by atoms with Crippen LogP contribution >= 0.6 is 12.4 Å². The number of hydroxylamine groups is 1. The van der Waals surface area contributed by atoms with Crippen molar-refractivity contribution in [3.8, 4) is 16.9 Å². The summed E-state index contributed by atoms with van der Waals surface area (Å²) in [7, 11) is -2.66. The van der Waals surface area contributed by atoms with Gasteiger partial charge in [-0.3, -0.25) is 19.3 Å². The van der Waals surface area contributed by atoms with Crippen molar-refractivity contribution in [1.82, 2.24) is 10.5 Å². The molecule has 10 heteroatoms. The first kappa shape index (κ1) is 27.7. The average molecular weight is 540 g/mol. The van der Waals surface area contributed by atoms with Gasteiger partial charge >= 0.3 is 0 Å². The number of nitrogens with one attached hydrogen (secondary N) is 1. The summed E-state index contributed by atoms with van der Waals surface area (Å²) < 4.78 is 34.3. The number of nitrogens with zero attached hydrogens (tertiary/aromatic N) is 2. The molecule has 0 atom stereocenters. The molecule has 4 rings (SSSR count). The monoisotopic (exact) mass is 539 g/mol. The van der Waals surface area contributed by atoms with Crippen LogP contribution in [0.25, 0.3) is 11.1 Å². The number of methoxy groups -OCH3 is 1. The van der Waals surface area contributed by atoms with Gasteiger partial charge in [0.2, 0.25) is 0 Å². The number of rotatable bonds is 8. The van der Waals surface area contributed by atoms with E-state index in [0.29, 0.717) is 22.4 Å². The molecule has 1 heterocycles. The van der Waals surface area contributed by atoms with Crippen LogP contribution in [0.3, 0.4) is 0 Å². The van der Waals surface area contributed by atoms with Crippen molar-refractivity contribution in [3.63, 3.8) is 0 Å². The average Bonchev–Trinajstić information content (AvgIpc) is 2.92. The van der Waals surface area contributed by atoms with Gasteiger partial charge in [-0.15, -0.1) is 12.4 Å². The first-order valence-corrected chi connectivity index (χ1v) is 12.5. The van der Waals surface area contributed by atoms with Gasteiger partial charge in [0, 0.05) is 12.4 Å². The number of benzene rings is 3. The lowest BCUT2D eigenvalue weighted by Crippen LogP contribution is -2.34. The first-order chi connectivity index (χ1) is 17.3. The minimum Gasteiger partial charge on any atom is -0.497 e. The number of aryl methyl sites for hydroxylation is 1. The Balaban J connectivity index is 0.00000380. The number of hydrogen-bond donors (Lipinski definition) is 2.